The van der Waals surface area contributed by atoms with Crippen LogP contribution in [0.2, 0.25) is 0 Å². The van der Waals surface area contributed by atoms with Gasteiger partial charge in [-0.15, -0.1) is 10.2 Å². The molecule has 134 valence electrons. The van der Waals surface area contributed by atoms with Gasteiger partial charge in [0.2, 0.25) is 0 Å². The molecule has 26 heavy (non-hydrogen) atoms. The first-order valence-electron chi connectivity index (χ1n) is 8.44. The molecule has 0 unspecified atom stereocenters. The number of aromatic nitrogens is 3. The van der Waals surface area contributed by atoms with Crippen molar-refractivity contribution in [2.75, 3.05) is 0 Å². The van der Waals surface area contributed by atoms with E-state index in [4.69, 9.17) is 4.52 Å². The van der Waals surface area contributed by atoms with Crippen molar-refractivity contribution in [3.05, 3.63) is 52.1 Å². The molecule has 2 heterocycles. The van der Waals surface area contributed by atoms with Crippen LogP contribution in [0.5, 0.6) is 0 Å². The number of amides is 1. The molecule has 1 aromatic carbocycles. The lowest BCUT2D eigenvalue weighted by atomic mass is 9.80. The minimum Gasteiger partial charge on any atom is -0.386 e. The van der Waals surface area contributed by atoms with Gasteiger partial charge in [0.1, 0.15) is 16.1 Å². The Labute approximate surface area is 154 Å². The number of nitrogens with one attached hydrogen (secondary N) is 1. The van der Waals surface area contributed by atoms with Gasteiger partial charge in [0.15, 0.2) is 11.5 Å². The van der Waals surface area contributed by atoms with E-state index in [1.807, 2.05) is 30.3 Å². The summed E-state index contributed by atoms with van der Waals surface area (Å²) in [6.07, 6.45) is 1.02. The molecule has 1 aliphatic rings. The molecule has 3 aromatic rings. The Morgan fingerprint density at radius 2 is 2.08 bits per heavy atom. The predicted molar refractivity (Wildman–Crippen MR) is 95.7 cm³/mol. The first kappa shape index (κ1) is 16.9. The van der Waals surface area contributed by atoms with Crippen LogP contribution in [-0.2, 0) is 0 Å². The van der Waals surface area contributed by atoms with E-state index >= 15 is 0 Å². The molecule has 4 rings (SSSR count). The molecular formula is C18H18N4O3S. The topological polar surface area (TPSA) is 101 Å². The second-order valence-electron chi connectivity index (χ2n) is 6.44. The summed E-state index contributed by atoms with van der Waals surface area (Å²) in [6.45, 7) is 1.68. The normalized spacial score (nSPS) is 20.4. The fraction of sp³-hybridized carbons (Fsp3) is 0.333. The van der Waals surface area contributed by atoms with Crippen molar-refractivity contribution in [3.63, 3.8) is 0 Å². The maximum absolute atomic E-state index is 12.3. The Kier molecular flexibility index (Phi) is 4.52. The highest BCUT2D eigenvalue weighted by molar-refractivity contribution is 7.11. The molecule has 0 radical (unpaired) electrons. The van der Waals surface area contributed by atoms with Gasteiger partial charge < -0.3 is 14.9 Å². The number of hydrogen-bond acceptors (Lipinski definition) is 7. The largest absolute Gasteiger partial charge is 0.386 e. The van der Waals surface area contributed by atoms with Gasteiger partial charge in [0.25, 0.3) is 5.91 Å². The zero-order valence-corrected chi connectivity index (χ0v) is 14.9. The summed E-state index contributed by atoms with van der Waals surface area (Å²) in [5.41, 5.74) is 1.16. The summed E-state index contributed by atoms with van der Waals surface area (Å²) < 4.78 is 5.27. The van der Waals surface area contributed by atoms with Crippen molar-refractivity contribution < 1.29 is 14.4 Å². The fourth-order valence-corrected chi connectivity index (χ4v) is 3.80. The van der Waals surface area contributed by atoms with Gasteiger partial charge in [-0.05, 0) is 19.8 Å². The van der Waals surface area contributed by atoms with Gasteiger partial charge >= 0.3 is 0 Å². The van der Waals surface area contributed by atoms with Crippen LogP contribution in [-0.4, -0.2) is 32.4 Å². The van der Waals surface area contributed by atoms with Gasteiger partial charge in [-0.1, -0.05) is 46.8 Å². The van der Waals surface area contributed by atoms with Crippen LogP contribution in [0, 0.1) is 0 Å². The van der Waals surface area contributed by atoms with Gasteiger partial charge in [-0.2, -0.15) is 0 Å². The molecule has 1 saturated carbocycles. The number of carbonyl (C=O) groups is 1. The molecular weight excluding hydrogens is 352 g/mol. The Bertz CT molecular complexity index is 900. The highest BCUT2D eigenvalue weighted by Crippen LogP contribution is 2.39. The van der Waals surface area contributed by atoms with Gasteiger partial charge in [-0.3, -0.25) is 4.79 Å². The molecule has 8 heteroatoms. The molecule has 1 fully saturated rings. The Hall–Kier alpha value is -2.58. The van der Waals surface area contributed by atoms with Crippen LogP contribution in [0.1, 0.15) is 52.3 Å². The smallest absolute Gasteiger partial charge is 0.273 e. The quantitative estimate of drug-likeness (QED) is 0.716. The second kappa shape index (κ2) is 6.97. The number of rotatable bonds is 5. The van der Waals surface area contributed by atoms with Crippen molar-refractivity contribution in [1.82, 2.24) is 20.7 Å². The van der Waals surface area contributed by atoms with E-state index in [0.717, 1.165) is 23.4 Å². The molecule has 0 bridgehead atoms. The standard InChI is InChI=1S/C18H18N4O3S/c1-10(23)17-20-21-18(26-17)12-7-13(8-12)19-16(24)14-9-15(25-22-14)11-5-3-2-4-6-11/h2-6,9-10,12-13,23H,7-8H2,1H3,(H,19,24)/t10-,12-,13-/m0/s1. The minimum atomic E-state index is -0.595. The SMILES string of the molecule is C[C@H](O)c1nnc([C@H]2C[C@H](NC(=O)c3cc(-c4ccccc4)on3)C2)s1. The van der Waals surface area contributed by atoms with Crippen LogP contribution in [0.25, 0.3) is 11.3 Å². The van der Waals surface area contributed by atoms with Gasteiger partial charge in [0.05, 0.1) is 0 Å². The second-order valence-corrected chi connectivity index (χ2v) is 7.48. The van der Waals surface area contributed by atoms with E-state index in [2.05, 4.69) is 20.7 Å². The molecule has 2 aromatic heterocycles. The lowest BCUT2D eigenvalue weighted by Crippen LogP contribution is -2.43. The summed E-state index contributed by atoms with van der Waals surface area (Å²) in [4.78, 5) is 12.3. The van der Waals surface area contributed by atoms with Crippen molar-refractivity contribution >= 4 is 17.2 Å². The molecule has 2 N–H and O–H groups in total. The summed E-state index contributed by atoms with van der Waals surface area (Å²) in [5.74, 6) is 0.616. The Balaban J connectivity index is 1.33. The number of hydrogen-bond donors (Lipinski definition) is 2. The molecule has 1 aliphatic carbocycles. The average Bonchev–Trinajstić information content (AvgIpc) is 3.28. The highest BCUT2D eigenvalue weighted by Gasteiger charge is 2.34. The zero-order valence-electron chi connectivity index (χ0n) is 14.1. The summed E-state index contributed by atoms with van der Waals surface area (Å²) in [7, 11) is 0. The first-order chi connectivity index (χ1) is 12.6. The van der Waals surface area contributed by atoms with Crippen LogP contribution in [0.3, 0.4) is 0 Å². The molecule has 7 nitrogen and oxygen atoms in total. The van der Waals surface area contributed by atoms with Crippen molar-refractivity contribution in [3.8, 4) is 11.3 Å². The van der Waals surface area contributed by atoms with Crippen LogP contribution in [0.15, 0.2) is 40.9 Å². The Morgan fingerprint density at radius 1 is 1.31 bits per heavy atom. The molecule has 0 aliphatic heterocycles. The van der Waals surface area contributed by atoms with Crippen LogP contribution in [0.4, 0.5) is 0 Å². The highest BCUT2D eigenvalue weighted by atomic mass is 32.1. The van der Waals surface area contributed by atoms with E-state index < -0.39 is 6.10 Å². The third-order valence-electron chi connectivity index (χ3n) is 4.44. The molecule has 1 atom stereocenters. The Morgan fingerprint density at radius 3 is 2.77 bits per heavy atom. The number of aliphatic hydroxyl groups excluding tert-OH is 1. The lowest BCUT2D eigenvalue weighted by molar-refractivity contribution is 0.0899. The maximum Gasteiger partial charge on any atom is 0.273 e. The number of carbonyl (C=O) groups excluding carboxylic acids is 1. The minimum absolute atomic E-state index is 0.0864. The van der Waals surface area contributed by atoms with Crippen LogP contribution < -0.4 is 5.32 Å². The molecule has 1 amide bonds. The van der Waals surface area contributed by atoms with E-state index in [1.54, 1.807) is 13.0 Å². The summed E-state index contributed by atoms with van der Waals surface area (Å²) in [6, 6.07) is 11.3. The van der Waals surface area contributed by atoms with Crippen molar-refractivity contribution in [2.24, 2.45) is 0 Å². The average molecular weight is 370 g/mol. The van der Waals surface area contributed by atoms with E-state index in [1.165, 1.54) is 11.3 Å². The number of aliphatic hydroxyl groups is 1. The van der Waals surface area contributed by atoms with Crippen molar-refractivity contribution in [1.29, 1.82) is 0 Å². The zero-order chi connectivity index (χ0) is 18.1. The van der Waals surface area contributed by atoms with Gasteiger partial charge in [0, 0.05) is 23.6 Å². The monoisotopic (exact) mass is 370 g/mol. The van der Waals surface area contributed by atoms with Crippen molar-refractivity contribution in [2.45, 2.75) is 37.8 Å². The lowest BCUT2D eigenvalue weighted by Gasteiger charge is -2.33. The summed E-state index contributed by atoms with van der Waals surface area (Å²) >= 11 is 1.43. The fourth-order valence-electron chi connectivity index (χ4n) is 2.90. The van der Waals surface area contributed by atoms with E-state index in [0.29, 0.717) is 10.8 Å². The maximum atomic E-state index is 12.3. The third kappa shape index (κ3) is 3.38. The molecule has 0 saturated heterocycles. The molecule has 0 spiro atoms. The van der Waals surface area contributed by atoms with E-state index in [9.17, 15) is 9.90 Å². The number of benzene rings is 1. The summed E-state index contributed by atoms with van der Waals surface area (Å²) in [5, 5.41) is 26.0. The number of nitrogens with zero attached hydrogens (tertiary/aromatic N) is 3. The third-order valence-corrected chi connectivity index (χ3v) is 5.69. The van der Waals surface area contributed by atoms with E-state index in [-0.39, 0.29) is 23.6 Å². The predicted octanol–water partition coefficient (Wildman–Crippen LogP) is 2.92. The van der Waals surface area contributed by atoms with Crippen LogP contribution >= 0.6 is 11.3 Å². The first-order valence-corrected chi connectivity index (χ1v) is 9.26. The van der Waals surface area contributed by atoms with Gasteiger partial charge in [-0.25, -0.2) is 0 Å².